The molecule has 2 fully saturated rings. The molecule has 0 radical (unpaired) electrons. The van der Waals surface area contributed by atoms with Gasteiger partial charge in [-0.25, -0.2) is 9.07 Å². The standard InChI is InChI=1S/C26H26F4N4O3/c1-2-3-19-16-36-25(37-19)8-12-33(13-9-25)24(35)22-15-23(17-6-10-31-11-7-17)34(32-22)18-4-5-20(21(27)14-18)26(28,29)30/h4-7,10-11,14-15,19H,2-3,8-9,12-13,16H2,1H3. The summed E-state index contributed by atoms with van der Waals surface area (Å²) in [7, 11) is 0. The van der Waals surface area contributed by atoms with Gasteiger partial charge in [-0.1, -0.05) is 13.3 Å². The van der Waals surface area contributed by atoms with Crippen molar-refractivity contribution in [2.24, 2.45) is 0 Å². The molecule has 1 unspecified atom stereocenters. The summed E-state index contributed by atoms with van der Waals surface area (Å²) in [5.41, 5.74) is -0.175. The number of carbonyl (C=O) groups excluding carboxylic acids is 1. The lowest BCUT2D eigenvalue weighted by Crippen LogP contribution is -2.47. The number of pyridine rings is 1. The Morgan fingerprint density at radius 3 is 2.51 bits per heavy atom. The summed E-state index contributed by atoms with van der Waals surface area (Å²) in [5, 5.41) is 4.38. The zero-order chi connectivity index (χ0) is 26.2. The first kappa shape index (κ1) is 25.3. The van der Waals surface area contributed by atoms with E-state index >= 15 is 0 Å². The summed E-state index contributed by atoms with van der Waals surface area (Å²) in [6, 6.07) is 7.47. The molecule has 196 valence electrons. The first-order valence-electron chi connectivity index (χ1n) is 12.2. The highest BCUT2D eigenvalue weighted by molar-refractivity contribution is 5.93. The van der Waals surface area contributed by atoms with E-state index < -0.39 is 23.3 Å². The monoisotopic (exact) mass is 518 g/mol. The number of alkyl halides is 3. The van der Waals surface area contributed by atoms with Gasteiger partial charge in [-0.15, -0.1) is 0 Å². The van der Waals surface area contributed by atoms with Gasteiger partial charge in [-0.05, 0) is 36.8 Å². The highest BCUT2D eigenvalue weighted by Gasteiger charge is 2.44. The molecule has 2 saturated heterocycles. The lowest BCUT2D eigenvalue weighted by Gasteiger charge is -2.37. The minimum atomic E-state index is -4.82. The lowest BCUT2D eigenvalue weighted by molar-refractivity contribution is -0.192. The highest BCUT2D eigenvalue weighted by atomic mass is 19.4. The molecule has 3 aromatic rings. The second-order valence-electron chi connectivity index (χ2n) is 9.27. The predicted octanol–water partition coefficient (Wildman–Crippen LogP) is 5.24. The largest absolute Gasteiger partial charge is 0.419 e. The van der Waals surface area contributed by atoms with E-state index in [1.807, 2.05) is 0 Å². The third-order valence-corrected chi connectivity index (χ3v) is 6.74. The van der Waals surface area contributed by atoms with E-state index in [-0.39, 0.29) is 23.4 Å². The number of hydrogen-bond acceptors (Lipinski definition) is 5. The fourth-order valence-electron chi connectivity index (χ4n) is 4.83. The third kappa shape index (κ3) is 5.10. The van der Waals surface area contributed by atoms with Gasteiger partial charge in [0.1, 0.15) is 5.82 Å². The maximum absolute atomic E-state index is 14.4. The van der Waals surface area contributed by atoms with Gasteiger partial charge in [0.15, 0.2) is 11.5 Å². The van der Waals surface area contributed by atoms with Crippen LogP contribution in [0.3, 0.4) is 0 Å². The van der Waals surface area contributed by atoms with Crippen LogP contribution in [0.2, 0.25) is 0 Å². The molecule has 2 aliphatic heterocycles. The Balaban J connectivity index is 1.41. The molecule has 4 heterocycles. The Bertz CT molecular complexity index is 1270. The fourth-order valence-corrected chi connectivity index (χ4v) is 4.83. The quantitative estimate of drug-likeness (QED) is 0.432. The van der Waals surface area contributed by atoms with Crippen LogP contribution < -0.4 is 0 Å². The number of piperidine rings is 1. The van der Waals surface area contributed by atoms with Crippen molar-refractivity contribution < 1.29 is 31.8 Å². The number of aromatic nitrogens is 3. The summed E-state index contributed by atoms with van der Waals surface area (Å²) < 4.78 is 67.0. The van der Waals surface area contributed by atoms with Crippen molar-refractivity contribution in [2.75, 3.05) is 19.7 Å². The molecule has 1 aromatic carbocycles. The minimum absolute atomic E-state index is 0.0590. The number of ether oxygens (including phenoxy) is 2. The number of halogens is 4. The first-order valence-corrected chi connectivity index (χ1v) is 12.2. The van der Waals surface area contributed by atoms with E-state index in [1.165, 1.54) is 4.68 Å². The maximum atomic E-state index is 14.4. The van der Waals surface area contributed by atoms with Crippen molar-refractivity contribution in [2.45, 2.75) is 50.7 Å². The molecule has 2 aliphatic rings. The molecule has 0 bridgehead atoms. The molecule has 5 rings (SSSR count). The van der Waals surface area contributed by atoms with E-state index in [0.29, 0.717) is 49.9 Å². The Hall–Kier alpha value is -3.31. The topological polar surface area (TPSA) is 69.5 Å². The van der Waals surface area contributed by atoms with Crippen molar-refractivity contribution in [1.82, 2.24) is 19.7 Å². The maximum Gasteiger partial charge on any atom is 0.419 e. The summed E-state index contributed by atoms with van der Waals surface area (Å²) in [5.74, 6) is -2.43. The Kier molecular flexibility index (Phi) is 6.76. The number of rotatable bonds is 5. The van der Waals surface area contributed by atoms with Crippen LogP contribution in [0.5, 0.6) is 0 Å². The number of carbonyl (C=O) groups is 1. The molecule has 0 N–H and O–H groups in total. The number of hydrogen-bond donors (Lipinski definition) is 0. The van der Waals surface area contributed by atoms with Crippen molar-refractivity contribution >= 4 is 5.91 Å². The number of amides is 1. The second kappa shape index (κ2) is 9.86. The van der Waals surface area contributed by atoms with Crippen molar-refractivity contribution in [3.63, 3.8) is 0 Å². The van der Waals surface area contributed by atoms with Gasteiger partial charge in [0, 0.05) is 50.0 Å². The van der Waals surface area contributed by atoms with Crippen LogP contribution >= 0.6 is 0 Å². The predicted molar refractivity (Wildman–Crippen MR) is 125 cm³/mol. The summed E-state index contributed by atoms with van der Waals surface area (Å²) in [6.45, 7) is 3.45. The molecule has 1 spiro atoms. The lowest BCUT2D eigenvalue weighted by atomic mass is 10.0. The fraction of sp³-hybridized carbons (Fsp3) is 0.423. The minimum Gasteiger partial charge on any atom is -0.347 e. The number of benzene rings is 1. The molecule has 2 aromatic heterocycles. The molecule has 1 amide bonds. The Morgan fingerprint density at radius 2 is 1.86 bits per heavy atom. The van der Waals surface area contributed by atoms with E-state index in [0.717, 1.165) is 25.0 Å². The van der Waals surface area contributed by atoms with Crippen molar-refractivity contribution in [3.8, 4) is 16.9 Å². The van der Waals surface area contributed by atoms with Crippen LogP contribution in [0.15, 0.2) is 48.8 Å². The average molecular weight is 519 g/mol. The van der Waals surface area contributed by atoms with E-state index in [4.69, 9.17) is 9.47 Å². The molecule has 11 heteroatoms. The van der Waals surface area contributed by atoms with Gasteiger partial charge >= 0.3 is 6.18 Å². The van der Waals surface area contributed by atoms with Gasteiger partial charge in [-0.2, -0.15) is 18.3 Å². The van der Waals surface area contributed by atoms with Gasteiger partial charge in [-0.3, -0.25) is 9.78 Å². The molecule has 37 heavy (non-hydrogen) atoms. The average Bonchev–Trinajstić information content (AvgIpc) is 3.49. The van der Waals surface area contributed by atoms with Crippen LogP contribution in [0.4, 0.5) is 17.6 Å². The molecule has 7 nitrogen and oxygen atoms in total. The van der Waals surface area contributed by atoms with E-state index in [2.05, 4.69) is 17.0 Å². The smallest absolute Gasteiger partial charge is 0.347 e. The molecule has 0 aliphatic carbocycles. The molecule has 1 atom stereocenters. The van der Waals surface area contributed by atoms with Crippen LogP contribution in [0.1, 0.15) is 48.7 Å². The first-order chi connectivity index (χ1) is 17.7. The van der Waals surface area contributed by atoms with Crippen molar-refractivity contribution in [1.29, 1.82) is 0 Å². The summed E-state index contributed by atoms with van der Waals surface area (Å²) in [6.07, 6.45) is 1.30. The summed E-state index contributed by atoms with van der Waals surface area (Å²) >= 11 is 0. The third-order valence-electron chi connectivity index (χ3n) is 6.74. The van der Waals surface area contributed by atoms with Crippen molar-refractivity contribution in [3.05, 3.63) is 65.9 Å². The number of likely N-dealkylation sites (tertiary alicyclic amines) is 1. The molecular formula is C26H26F4N4O3. The Labute approximate surface area is 211 Å². The number of nitrogens with zero attached hydrogens (tertiary/aromatic N) is 4. The van der Waals surface area contributed by atoms with Crippen LogP contribution in [0, 0.1) is 5.82 Å². The van der Waals surface area contributed by atoms with Gasteiger partial charge < -0.3 is 14.4 Å². The Morgan fingerprint density at radius 1 is 1.14 bits per heavy atom. The van der Waals surface area contributed by atoms with Crippen LogP contribution in [-0.4, -0.2) is 57.2 Å². The normalized spacial score (nSPS) is 19.5. The zero-order valence-corrected chi connectivity index (χ0v) is 20.2. The van der Waals surface area contributed by atoms with Crippen LogP contribution in [0.25, 0.3) is 16.9 Å². The zero-order valence-electron chi connectivity index (χ0n) is 20.2. The molecule has 0 saturated carbocycles. The second-order valence-corrected chi connectivity index (χ2v) is 9.27. The SMILES string of the molecule is CCCC1COC2(CCN(C(=O)c3cc(-c4ccncc4)n(-c4ccc(C(F)(F)F)c(F)c4)n3)CC2)O1. The van der Waals surface area contributed by atoms with E-state index in [1.54, 1.807) is 35.5 Å². The highest BCUT2D eigenvalue weighted by Crippen LogP contribution is 2.36. The van der Waals surface area contributed by atoms with Gasteiger partial charge in [0.05, 0.1) is 29.7 Å². The van der Waals surface area contributed by atoms with Gasteiger partial charge in [0.25, 0.3) is 5.91 Å². The molecular weight excluding hydrogens is 492 g/mol. The van der Waals surface area contributed by atoms with E-state index in [9.17, 15) is 22.4 Å². The summed E-state index contributed by atoms with van der Waals surface area (Å²) in [4.78, 5) is 19.0. The van der Waals surface area contributed by atoms with Crippen LogP contribution in [-0.2, 0) is 15.7 Å². The van der Waals surface area contributed by atoms with Gasteiger partial charge in [0.2, 0.25) is 0 Å².